The van der Waals surface area contributed by atoms with Crippen molar-refractivity contribution in [3.05, 3.63) is 70.6 Å². The lowest BCUT2D eigenvalue weighted by atomic mass is 9.95. The van der Waals surface area contributed by atoms with Gasteiger partial charge in [0.25, 0.3) is 11.8 Å². The predicted molar refractivity (Wildman–Crippen MR) is 130 cm³/mol. The molecular weight excluding hydrogens is 418 g/mol. The summed E-state index contributed by atoms with van der Waals surface area (Å²) in [5.74, 6) is 1.17. The smallest absolute Gasteiger partial charge is 0.268 e. The Labute approximate surface area is 195 Å². The van der Waals surface area contributed by atoms with Gasteiger partial charge in [0, 0.05) is 11.8 Å². The molecule has 0 unspecified atom stereocenters. The molecule has 0 spiro atoms. The number of thioether (sulfide) groups is 1. The molecule has 2 aromatic rings. The molecule has 1 saturated carbocycles. The van der Waals surface area contributed by atoms with Crippen molar-refractivity contribution >= 4 is 29.1 Å². The van der Waals surface area contributed by atoms with Crippen molar-refractivity contribution < 1.29 is 14.3 Å². The fraction of sp³-hybridized carbons (Fsp3) is 0.407. The number of rotatable bonds is 7. The van der Waals surface area contributed by atoms with Crippen LogP contribution in [0.25, 0.3) is 5.57 Å². The zero-order chi connectivity index (χ0) is 22.3. The van der Waals surface area contributed by atoms with Gasteiger partial charge in [-0.15, -0.1) is 11.8 Å². The number of hydrogen-bond donors (Lipinski definition) is 0. The van der Waals surface area contributed by atoms with E-state index in [4.69, 9.17) is 4.74 Å². The third-order valence-corrected chi connectivity index (χ3v) is 7.34. The molecule has 4 rings (SSSR count). The maximum Gasteiger partial charge on any atom is 0.268 e. The minimum atomic E-state index is -0.139. The Kier molecular flexibility index (Phi) is 7.69. The number of benzene rings is 2. The minimum Gasteiger partial charge on any atom is -0.494 e. The molecule has 0 N–H and O–H groups in total. The summed E-state index contributed by atoms with van der Waals surface area (Å²) in [7, 11) is 0. The molecule has 0 aromatic heterocycles. The van der Waals surface area contributed by atoms with E-state index in [9.17, 15) is 9.59 Å². The van der Waals surface area contributed by atoms with Gasteiger partial charge in [0.15, 0.2) is 0 Å². The first kappa shape index (κ1) is 22.7. The second-order valence-corrected chi connectivity index (χ2v) is 9.40. The number of nitrogens with zero attached hydrogens (tertiary/aromatic N) is 1. The second kappa shape index (κ2) is 10.9. The molecule has 0 bridgehead atoms. The Morgan fingerprint density at radius 1 is 0.875 bits per heavy atom. The van der Waals surface area contributed by atoms with Gasteiger partial charge in [-0.05, 0) is 43.0 Å². The molecule has 2 aliphatic rings. The van der Waals surface area contributed by atoms with Crippen molar-refractivity contribution in [2.24, 2.45) is 0 Å². The van der Waals surface area contributed by atoms with Crippen LogP contribution in [0.5, 0.6) is 5.75 Å². The third kappa shape index (κ3) is 5.09. The van der Waals surface area contributed by atoms with Crippen LogP contribution in [0.3, 0.4) is 0 Å². The highest BCUT2D eigenvalue weighted by Crippen LogP contribution is 2.40. The molecule has 2 aromatic carbocycles. The molecule has 0 atom stereocenters. The molecule has 1 aliphatic carbocycles. The van der Waals surface area contributed by atoms with Crippen LogP contribution in [-0.2, 0) is 15.3 Å². The van der Waals surface area contributed by atoms with Crippen molar-refractivity contribution in [3.8, 4) is 5.75 Å². The van der Waals surface area contributed by atoms with E-state index < -0.39 is 0 Å². The van der Waals surface area contributed by atoms with Crippen LogP contribution in [-0.4, -0.2) is 29.4 Å². The zero-order valence-electron chi connectivity index (χ0n) is 18.7. The van der Waals surface area contributed by atoms with Gasteiger partial charge in [0.1, 0.15) is 5.75 Å². The van der Waals surface area contributed by atoms with Gasteiger partial charge in [0.05, 0.1) is 17.1 Å². The van der Waals surface area contributed by atoms with Crippen molar-refractivity contribution in [3.63, 3.8) is 0 Å². The maximum atomic E-state index is 13.6. The summed E-state index contributed by atoms with van der Waals surface area (Å²) in [6, 6.07) is 17.6. The van der Waals surface area contributed by atoms with Gasteiger partial charge in [-0.1, -0.05) is 74.6 Å². The summed E-state index contributed by atoms with van der Waals surface area (Å²) in [4.78, 5) is 29.4. The molecule has 2 amide bonds. The van der Waals surface area contributed by atoms with Crippen LogP contribution in [0.15, 0.2) is 59.5 Å². The predicted octanol–water partition coefficient (Wildman–Crippen LogP) is 6.21. The molecule has 4 nitrogen and oxygen atoms in total. The molecule has 5 heteroatoms. The lowest BCUT2D eigenvalue weighted by Crippen LogP contribution is -2.41. The van der Waals surface area contributed by atoms with Crippen molar-refractivity contribution in [2.45, 2.75) is 63.7 Å². The van der Waals surface area contributed by atoms with Crippen molar-refractivity contribution in [1.82, 2.24) is 4.90 Å². The molecule has 1 aliphatic heterocycles. The van der Waals surface area contributed by atoms with Gasteiger partial charge >= 0.3 is 0 Å². The number of imide groups is 1. The monoisotopic (exact) mass is 449 g/mol. The first-order valence-corrected chi connectivity index (χ1v) is 12.7. The van der Waals surface area contributed by atoms with Gasteiger partial charge in [-0.25, -0.2) is 0 Å². The van der Waals surface area contributed by atoms with E-state index in [1.165, 1.54) is 31.0 Å². The van der Waals surface area contributed by atoms with Crippen molar-refractivity contribution in [1.29, 1.82) is 0 Å². The summed E-state index contributed by atoms with van der Waals surface area (Å²) in [6.07, 6.45) is 7.58. The summed E-state index contributed by atoms with van der Waals surface area (Å²) in [5, 5.41) is 0. The second-order valence-electron chi connectivity index (χ2n) is 8.42. The lowest BCUT2D eigenvalue weighted by molar-refractivity contribution is -0.139. The molecule has 168 valence electrons. The number of amides is 2. The highest BCUT2D eigenvalue weighted by molar-refractivity contribution is 8.03. The van der Waals surface area contributed by atoms with E-state index in [-0.39, 0.29) is 17.9 Å². The molecule has 0 saturated heterocycles. The fourth-order valence-corrected chi connectivity index (χ4v) is 5.63. The topological polar surface area (TPSA) is 46.6 Å². The summed E-state index contributed by atoms with van der Waals surface area (Å²) < 4.78 is 5.56. The Morgan fingerprint density at radius 3 is 2.19 bits per heavy atom. The molecule has 32 heavy (non-hydrogen) atoms. The Morgan fingerprint density at radius 2 is 1.53 bits per heavy atom. The Balaban J connectivity index is 1.64. The van der Waals surface area contributed by atoms with Crippen LogP contribution in [0.4, 0.5) is 0 Å². The SMILES string of the molecule is CCOc1ccc(C2=C(SCc3ccccc3)C(=O)N(C3CCCCCCC3)C2=O)cc1. The zero-order valence-corrected chi connectivity index (χ0v) is 19.5. The molecule has 1 heterocycles. The largest absolute Gasteiger partial charge is 0.494 e. The van der Waals surface area contributed by atoms with Crippen LogP contribution in [0.1, 0.15) is 63.0 Å². The molecule has 1 fully saturated rings. The number of ether oxygens (including phenoxy) is 1. The number of carbonyl (C=O) groups excluding carboxylic acids is 2. The van der Waals surface area contributed by atoms with Crippen LogP contribution < -0.4 is 4.74 Å². The molecule has 0 radical (unpaired) electrons. The lowest BCUT2D eigenvalue weighted by Gasteiger charge is -2.28. The van der Waals surface area contributed by atoms with Gasteiger partial charge < -0.3 is 4.74 Å². The van der Waals surface area contributed by atoms with E-state index in [1.807, 2.05) is 49.4 Å². The minimum absolute atomic E-state index is 0.00261. The van der Waals surface area contributed by atoms with Gasteiger partial charge in [0.2, 0.25) is 0 Å². The van der Waals surface area contributed by atoms with Crippen LogP contribution >= 0.6 is 11.8 Å². The molecular formula is C27H31NO3S. The van der Waals surface area contributed by atoms with Crippen molar-refractivity contribution in [2.75, 3.05) is 6.61 Å². The van der Waals surface area contributed by atoms with Crippen LogP contribution in [0, 0.1) is 0 Å². The summed E-state index contributed by atoms with van der Waals surface area (Å²) >= 11 is 1.48. The average molecular weight is 450 g/mol. The van der Waals surface area contributed by atoms with E-state index in [0.29, 0.717) is 22.8 Å². The highest BCUT2D eigenvalue weighted by atomic mass is 32.2. The first-order valence-electron chi connectivity index (χ1n) is 11.7. The Hall–Kier alpha value is -2.53. The van der Waals surface area contributed by atoms with Gasteiger partial charge in [-0.3, -0.25) is 14.5 Å². The normalized spacial score (nSPS) is 18.1. The maximum absolute atomic E-state index is 13.6. The summed E-state index contributed by atoms with van der Waals surface area (Å²) in [5.41, 5.74) is 2.47. The van der Waals surface area contributed by atoms with Crippen LogP contribution in [0.2, 0.25) is 0 Å². The van der Waals surface area contributed by atoms with E-state index in [0.717, 1.165) is 42.6 Å². The standard InChI is InChI=1S/C27H31NO3S/c1-2-31-23-17-15-21(16-18-23)24-25(32-19-20-11-7-6-8-12-20)27(30)28(26(24)29)22-13-9-4-3-5-10-14-22/h6-8,11-12,15-18,22H,2-5,9-10,13-14,19H2,1H3. The highest BCUT2D eigenvalue weighted by Gasteiger charge is 2.42. The first-order chi connectivity index (χ1) is 15.7. The quantitative estimate of drug-likeness (QED) is 0.471. The average Bonchev–Trinajstić information content (AvgIpc) is 3.03. The number of carbonyl (C=O) groups is 2. The van der Waals surface area contributed by atoms with E-state index in [1.54, 1.807) is 4.90 Å². The Bertz CT molecular complexity index is 960. The van der Waals surface area contributed by atoms with E-state index >= 15 is 0 Å². The number of hydrogen-bond acceptors (Lipinski definition) is 4. The fourth-order valence-electron chi connectivity index (χ4n) is 4.55. The third-order valence-electron chi connectivity index (χ3n) is 6.19. The van der Waals surface area contributed by atoms with Gasteiger partial charge in [-0.2, -0.15) is 0 Å². The summed E-state index contributed by atoms with van der Waals surface area (Å²) in [6.45, 7) is 2.54. The van der Waals surface area contributed by atoms with E-state index in [2.05, 4.69) is 12.1 Å².